The molecule has 2 aromatic carbocycles. The molecule has 1 aromatic heterocycles. The Labute approximate surface area is 131 Å². The summed E-state index contributed by atoms with van der Waals surface area (Å²) in [7, 11) is 1.71. The summed E-state index contributed by atoms with van der Waals surface area (Å²) < 4.78 is 1.09. The number of halogens is 1. The lowest BCUT2D eigenvalue weighted by Crippen LogP contribution is -2.26. The standard InChI is InChI=1S/C16H13ClN2OS/c1-19(14-8-10(17)6-7-13(14)18)16(20)12-9-21-15-5-3-2-4-11(12)15/h2-9H,18H2,1H3. The van der Waals surface area contributed by atoms with Gasteiger partial charge in [-0.05, 0) is 24.3 Å². The number of anilines is 2. The molecule has 0 saturated heterocycles. The van der Waals surface area contributed by atoms with Gasteiger partial charge >= 0.3 is 0 Å². The number of nitrogens with two attached hydrogens (primary N) is 1. The maximum absolute atomic E-state index is 12.7. The molecule has 21 heavy (non-hydrogen) atoms. The molecule has 106 valence electrons. The molecule has 0 radical (unpaired) electrons. The van der Waals surface area contributed by atoms with Gasteiger partial charge in [0.15, 0.2) is 0 Å². The SMILES string of the molecule is CN(C(=O)c1csc2ccccc12)c1cc(Cl)ccc1N. The summed E-state index contributed by atoms with van der Waals surface area (Å²) in [4.78, 5) is 14.3. The van der Waals surface area contributed by atoms with Crippen molar-refractivity contribution in [3.8, 4) is 0 Å². The van der Waals surface area contributed by atoms with E-state index in [4.69, 9.17) is 17.3 Å². The zero-order valence-corrected chi connectivity index (χ0v) is 12.9. The van der Waals surface area contributed by atoms with Crippen LogP contribution in [-0.4, -0.2) is 13.0 Å². The smallest absolute Gasteiger partial charge is 0.259 e. The van der Waals surface area contributed by atoms with Crippen LogP contribution in [0.3, 0.4) is 0 Å². The predicted octanol–water partition coefficient (Wildman–Crippen LogP) is 4.41. The predicted molar refractivity (Wildman–Crippen MR) is 90.4 cm³/mol. The van der Waals surface area contributed by atoms with E-state index in [1.54, 1.807) is 36.6 Å². The van der Waals surface area contributed by atoms with Gasteiger partial charge in [-0.3, -0.25) is 4.79 Å². The molecule has 0 bridgehead atoms. The fourth-order valence-electron chi connectivity index (χ4n) is 2.24. The molecule has 1 amide bonds. The molecule has 3 rings (SSSR count). The highest BCUT2D eigenvalue weighted by molar-refractivity contribution is 7.17. The molecule has 0 spiro atoms. The summed E-state index contributed by atoms with van der Waals surface area (Å²) in [5.74, 6) is -0.0959. The highest BCUT2D eigenvalue weighted by atomic mass is 35.5. The van der Waals surface area contributed by atoms with Gasteiger partial charge in [0.05, 0.1) is 16.9 Å². The van der Waals surface area contributed by atoms with Crippen LogP contribution in [0.25, 0.3) is 10.1 Å². The Morgan fingerprint density at radius 3 is 2.81 bits per heavy atom. The summed E-state index contributed by atoms with van der Waals surface area (Å²) in [6, 6.07) is 13.0. The van der Waals surface area contributed by atoms with Gasteiger partial charge in [0.2, 0.25) is 0 Å². The first-order valence-electron chi connectivity index (χ1n) is 6.37. The Kier molecular flexibility index (Phi) is 3.57. The fraction of sp³-hybridized carbons (Fsp3) is 0.0625. The zero-order valence-electron chi connectivity index (χ0n) is 11.3. The molecule has 5 heteroatoms. The van der Waals surface area contributed by atoms with E-state index in [2.05, 4.69) is 0 Å². The van der Waals surface area contributed by atoms with Gasteiger partial charge in [0, 0.05) is 27.5 Å². The van der Waals surface area contributed by atoms with E-state index in [9.17, 15) is 4.79 Å². The van der Waals surface area contributed by atoms with Gasteiger partial charge in [-0.2, -0.15) is 0 Å². The van der Waals surface area contributed by atoms with Gasteiger partial charge in [-0.15, -0.1) is 11.3 Å². The lowest BCUT2D eigenvalue weighted by molar-refractivity contribution is 0.0995. The Balaban J connectivity index is 2.03. The number of fused-ring (bicyclic) bond motifs is 1. The average Bonchev–Trinajstić information content (AvgIpc) is 2.92. The normalized spacial score (nSPS) is 10.8. The number of carbonyl (C=O) groups is 1. The van der Waals surface area contributed by atoms with E-state index in [0.29, 0.717) is 22.0 Å². The molecule has 2 N–H and O–H groups in total. The van der Waals surface area contributed by atoms with Crippen LogP contribution in [0, 0.1) is 0 Å². The van der Waals surface area contributed by atoms with Crippen LogP contribution >= 0.6 is 22.9 Å². The Morgan fingerprint density at radius 1 is 1.24 bits per heavy atom. The van der Waals surface area contributed by atoms with E-state index in [-0.39, 0.29) is 5.91 Å². The van der Waals surface area contributed by atoms with E-state index in [1.807, 2.05) is 29.6 Å². The minimum absolute atomic E-state index is 0.0959. The number of benzene rings is 2. The van der Waals surface area contributed by atoms with Crippen LogP contribution in [-0.2, 0) is 0 Å². The first-order valence-corrected chi connectivity index (χ1v) is 7.63. The van der Waals surface area contributed by atoms with Crippen molar-refractivity contribution in [2.45, 2.75) is 0 Å². The van der Waals surface area contributed by atoms with Crippen molar-refractivity contribution in [1.82, 2.24) is 0 Å². The van der Waals surface area contributed by atoms with E-state index in [1.165, 1.54) is 4.90 Å². The number of rotatable bonds is 2. The van der Waals surface area contributed by atoms with Crippen molar-refractivity contribution in [1.29, 1.82) is 0 Å². The van der Waals surface area contributed by atoms with E-state index >= 15 is 0 Å². The van der Waals surface area contributed by atoms with Crippen LogP contribution in [0.1, 0.15) is 10.4 Å². The second-order valence-corrected chi connectivity index (χ2v) is 6.06. The van der Waals surface area contributed by atoms with Gasteiger partial charge < -0.3 is 10.6 Å². The van der Waals surface area contributed by atoms with Crippen LogP contribution in [0.5, 0.6) is 0 Å². The largest absolute Gasteiger partial charge is 0.397 e. The Morgan fingerprint density at radius 2 is 2.00 bits per heavy atom. The summed E-state index contributed by atoms with van der Waals surface area (Å²) in [5, 5.41) is 3.39. The van der Waals surface area contributed by atoms with Crippen LogP contribution in [0.15, 0.2) is 47.8 Å². The van der Waals surface area contributed by atoms with Gasteiger partial charge in [-0.1, -0.05) is 29.8 Å². The lowest BCUT2D eigenvalue weighted by Gasteiger charge is -2.19. The second kappa shape index (κ2) is 5.39. The maximum Gasteiger partial charge on any atom is 0.259 e. The first-order chi connectivity index (χ1) is 10.1. The molecule has 0 aliphatic carbocycles. The molecule has 3 nitrogen and oxygen atoms in total. The molecule has 0 unspecified atom stereocenters. The van der Waals surface area contributed by atoms with Crippen molar-refractivity contribution >= 4 is 50.3 Å². The van der Waals surface area contributed by atoms with Crippen molar-refractivity contribution < 1.29 is 4.79 Å². The topological polar surface area (TPSA) is 46.3 Å². The summed E-state index contributed by atoms with van der Waals surface area (Å²) >= 11 is 7.55. The van der Waals surface area contributed by atoms with E-state index < -0.39 is 0 Å². The first kappa shape index (κ1) is 13.9. The third-order valence-electron chi connectivity index (χ3n) is 3.37. The van der Waals surface area contributed by atoms with Gasteiger partial charge in [0.1, 0.15) is 0 Å². The summed E-state index contributed by atoms with van der Waals surface area (Å²) in [6.45, 7) is 0. The molecular formula is C16H13ClN2OS. The number of nitrogen functional groups attached to an aromatic ring is 1. The minimum atomic E-state index is -0.0959. The number of thiophene rings is 1. The molecule has 0 aliphatic rings. The third-order valence-corrected chi connectivity index (χ3v) is 4.57. The summed E-state index contributed by atoms with van der Waals surface area (Å²) in [6.07, 6.45) is 0. The number of hydrogen-bond acceptors (Lipinski definition) is 3. The molecule has 0 aliphatic heterocycles. The van der Waals surface area contributed by atoms with Crippen molar-refractivity contribution in [3.05, 3.63) is 58.4 Å². The molecular weight excluding hydrogens is 304 g/mol. The Bertz CT molecular complexity index is 828. The highest BCUT2D eigenvalue weighted by Crippen LogP contribution is 2.30. The quantitative estimate of drug-likeness (QED) is 0.712. The molecule has 0 fully saturated rings. The lowest BCUT2D eigenvalue weighted by atomic mass is 10.1. The summed E-state index contributed by atoms with van der Waals surface area (Å²) in [5.41, 5.74) is 7.76. The number of carbonyl (C=O) groups excluding carboxylic acids is 1. The van der Waals surface area contributed by atoms with Gasteiger partial charge in [-0.25, -0.2) is 0 Å². The zero-order chi connectivity index (χ0) is 15.0. The van der Waals surface area contributed by atoms with Crippen LogP contribution < -0.4 is 10.6 Å². The minimum Gasteiger partial charge on any atom is -0.397 e. The second-order valence-electron chi connectivity index (χ2n) is 4.71. The molecule has 0 saturated carbocycles. The average molecular weight is 317 g/mol. The highest BCUT2D eigenvalue weighted by Gasteiger charge is 2.19. The van der Waals surface area contributed by atoms with Crippen molar-refractivity contribution in [3.63, 3.8) is 0 Å². The van der Waals surface area contributed by atoms with Crippen molar-refractivity contribution in [2.24, 2.45) is 0 Å². The van der Waals surface area contributed by atoms with Gasteiger partial charge in [0.25, 0.3) is 5.91 Å². The number of nitrogens with zero attached hydrogens (tertiary/aromatic N) is 1. The molecule has 3 aromatic rings. The molecule has 0 atom stereocenters. The number of hydrogen-bond donors (Lipinski definition) is 1. The number of amides is 1. The third kappa shape index (κ3) is 2.48. The fourth-order valence-corrected chi connectivity index (χ4v) is 3.34. The maximum atomic E-state index is 12.7. The molecule has 1 heterocycles. The Hall–Kier alpha value is -2.04. The van der Waals surface area contributed by atoms with Crippen LogP contribution in [0.2, 0.25) is 5.02 Å². The van der Waals surface area contributed by atoms with Crippen molar-refractivity contribution in [2.75, 3.05) is 17.7 Å². The van der Waals surface area contributed by atoms with Crippen LogP contribution in [0.4, 0.5) is 11.4 Å². The van der Waals surface area contributed by atoms with E-state index in [0.717, 1.165) is 10.1 Å². The monoisotopic (exact) mass is 316 g/mol.